The van der Waals surface area contributed by atoms with E-state index in [1.807, 2.05) is 36.4 Å². The first-order valence-corrected chi connectivity index (χ1v) is 11.9. The first kappa shape index (κ1) is 25.2. The second-order valence-electron chi connectivity index (χ2n) is 8.71. The molecule has 188 valence electrons. The number of morpholine rings is 1. The average Bonchev–Trinajstić information content (AvgIpc) is 3.01. The van der Waals surface area contributed by atoms with Gasteiger partial charge in [-0.15, -0.1) is 0 Å². The fraction of sp³-hybridized carbons (Fsp3) is 0.370. The van der Waals surface area contributed by atoms with Crippen LogP contribution in [0, 0.1) is 11.8 Å². The van der Waals surface area contributed by atoms with Gasteiger partial charge in [0.15, 0.2) is 0 Å². The number of anilines is 1. The molecule has 2 aliphatic rings. The average molecular weight is 491 g/mol. The Morgan fingerprint density at radius 1 is 1.11 bits per heavy atom. The summed E-state index contributed by atoms with van der Waals surface area (Å²) in [5, 5.41) is 5.16. The van der Waals surface area contributed by atoms with Gasteiger partial charge in [0.05, 0.1) is 31.5 Å². The molecule has 0 aliphatic carbocycles. The Hall–Kier alpha value is -3.87. The number of hydrogen-bond acceptors (Lipinski definition) is 6. The summed E-state index contributed by atoms with van der Waals surface area (Å²) in [4.78, 5) is 41.7. The number of nitrogens with zero attached hydrogens (tertiary/aromatic N) is 2. The van der Waals surface area contributed by atoms with Crippen LogP contribution in [-0.2, 0) is 19.1 Å². The molecule has 4 rings (SSSR count). The highest BCUT2D eigenvalue weighted by atomic mass is 16.5. The van der Waals surface area contributed by atoms with Gasteiger partial charge in [-0.3, -0.25) is 19.3 Å². The van der Waals surface area contributed by atoms with Crippen molar-refractivity contribution in [2.45, 2.75) is 19.0 Å². The third kappa shape index (κ3) is 6.22. The quantitative estimate of drug-likeness (QED) is 0.492. The molecule has 0 saturated carbocycles. The van der Waals surface area contributed by atoms with Crippen molar-refractivity contribution in [3.63, 3.8) is 0 Å². The van der Waals surface area contributed by atoms with E-state index in [4.69, 9.17) is 9.47 Å². The molecule has 2 atom stereocenters. The largest absolute Gasteiger partial charge is 0.489 e. The molecule has 1 saturated heterocycles. The summed E-state index contributed by atoms with van der Waals surface area (Å²) in [5.74, 6) is 4.71. The number of carbonyl (C=O) groups excluding carboxylic acids is 3. The van der Waals surface area contributed by atoms with Gasteiger partial charge in [0.25, 0.3) is 5.91 Å². The van der Waals surface area contributed by atoms with E-state index in [2.05, 4.69) is 27.4 Å². The van der Waals surface area contributed by atoms with E-state index in [0.717, 1.165) is 37.4 Å². The lowest BCUT2D eigenvalue weighted by Gasteiger charge is -2.24. The SMILES string of the molecule is C[C@@H](NC(=O)C(=O)N[C@H]1COc2ccc(C#CCN3CCOCC3)cc2N(C)C1=O)c1ccccc1. The minimum atomic E-state index is -1.01. The Morgan fingerprint density at radius 3 is 2.61 bits per heavy atom. The number of ether oxygens (including phenoxy) is 2. The van der Waals surface area contributed by atoms with Gasteiger partial charge < -0.3 is 25.0 Å². The molecule has 0 bridgehead atoms. The summed E-state index contributed by atoms with van der Waals surface area (Å²) in [5.41, 5.74) is 2.17. The fourth-order valence-electron chi connectivity index (χ4n) is 4.00. The summed E-state index contributed by atoms with van der Waals surface area (Å²) in [6.07, 6.45) is 0. The van der Waals surface area contributed by atoms with Gasteiger partial charge >= 0.3 is 11.8 Å². The van der Waals surface area contributed by atoms with Crippen molar-refractivity contribution in [1.29, 1.82) is 0 Å². The molecular formula is C27H30N4O5. The van der Waals surface area contributed by atoms with Gasteiger partial charge in [0.1, 0.15) is 18.4 Å². The molecule has 0 spiro atoms. The Balaban J connectivity index is 1.37. The number of fused-ring (bicyclic) bond motifs is 1. The van der Waals surface area contributed by atoms with Crippen LogP contribution >= 0.6 is 0 Å². The van der Waals surface area contributed by atoms with Crippen molar-refractivity contribution in [3.8, 4) is 17.6 Å². The zero-order valence-corrected chi connectivity index (χ0v) is 20.5. The van der Waals surface area contributed by atoms with E-state index >= 15 is 0 Å². The minimum absolute atomic E-state index is 0.0918. The van der Waals surface area contributed by atoms with Gasteiger partial charge in [-0.25, -0.2) is 0 Å². The summed E-state index contributed by atoms with van der Waals surface area (Å²) in [6.45, 7) is 5.50. The number of rotatable bonds is 4. The van der Waals surface area contributed by atoms with Gasteiger partial charge in [-0.05, 0) is 30.7 Å². The molecule has 0 aromatic heterocycles. The van der Waals surface area contributed by atoms with Gasteiger partial charge in [-0.2, -0.15) is 0 Å². The third-order valence-electron chi connectivity index (χ3n) is 6.15. The lowest BCUT2D eigenvalue weighted by Crippen LogP contribution is -2.53. The standard InChI is InChI=1S/C27H30N4O5/c1-19(21-8-4-3-5-9-21)28-25(32)26(33)29-22-18-36-24-11-10-20(17-23(24)30(2)27(22)34)7-6-12-31-13-15-35-16-14-31/h3-5,8-11,17,19,22H,12-16,18H2,1-2H3,(H,28,32)(H,29,33)/t19-,22+/m1/s1. The number of amides is 3. The van der Waals surface area contributed by atoms with E-state index < -0.39 is 17.9 Å². The predicted octanol–water partition coefficient (Wildman–Crippen LogP) is 1.09. The zero-order valence-electron chi connectivity index (χ0n) is 20.5. The van der Waals surface area contributed by atoms with Crippen LogP contribution in [0.5, 0.6) is 5.75 Å². The molecule has 9 nitrogen and oxygen atoms in total. The first-order valence-electron chi connectivity index (χ1n) is 11.9. The molecule has 2 heterocycles. The van der Waals surface area contributed by atoms with E-state index in [9.17, 15) is 14.4 Å². The normalized spacial score (nSPS) is 18.6. The third-order valence-corrected chi connectivity index (χ3v) is 6.15. The molecule has 0 radical (unpaired) electrons. The highest BCUT2D eigenvalue weighted by Crippen LogP contribution is 2.31. The number of benzene rings is 2. The number of carbonyl (C=O) groups is 3. The highest BCUT2D eigenvalue weighted by Gasteiger charge is 2.32. The fourth-order valence-corrected chi connectivity index (χ4v) is 4.00. The van der Waals surface area contributed by atoms with Crippen LogP contribution in [0.25, 0.3) is 0 Å². The molecule has 1 fully saturated rings. The first-order chi connectivity index (χ1) is 17.4. The molecule has 2 aromatic rings. The van der Waals surface area contributed by atoms with Crippen LogP contribution in [0.3, 0.4) is 0 Å². The van der Waals surface area contributed by atoms with Gasteiger partial charge in [0.2, 0.25) is 0 Å². The molecular weight excluding hydrogens is 460 g/mol. The van der Waals surface area contributed by atoms with E-state index in [1.54, 1.807) is 26.1 Å². The molecule has 9 heteroatoms. The summed E-state index contributed by atoms with van der Waals surface area (Å²) >= 11 is 0. The van der Waals surface area contributed by atoms with Crippen molar-refractivity contribution in [2.75, 3.05) is 51.4 Å². The van der Waals surface area contributed by atoms with E-state index in [-0.39, 0.29) is 18.6 Å². The smallest absolute Gasteiger partial charge is 0.310 e. The lowest BCUT2D eigenvalue weighted by molar-refractivity contribution is -0.141. The molecule has 3 amide bonds. The number of hydrogen-bond donors (Lipinski definition) is 2. The van der Waals surface area contributed by atoms with Crippen molar-refractivity contribution in [3.05, 3.63) is 59.7 Å². The van der Waals surface area contributed by atoms with Crippen molar-refractivity contribution >= 4 is 23.4 Å². The molecule has 2 aliphatic heterocycles. The van der Waals surface area contributed by atoms with Crippen LogP contribution in [0.1, 0.15) is 24.1 Å². The maximum Gasteiger partial charge on any atom is 0.310 e. The van der Waals surface area contributed by atoms with Crippen LogP contribution in [0.15, 0.2) is 48.5 Å². The molecule has 36 heavy (non-hydrogen) atoms. The number of nitrogens with one attached hydrogen (secondary N) is 2. The van der Waals surface area contributed by atoms with Crippen molar-refractivity contribution < 1.29 is 23.9 Å². The summed E-state index contributed by atoms with van der Waals surface area (Å²) in [7, 11) is 1.61. The molecule has 2 aromatic carbocycles. The summed E-state index contributed by atoms with van der Waals surface area (Å²) in [6, 6.07) is 13.3. The Labute approximate surface area is 210 Å². The Bertz CT molecular complexity index is 1170. The van der Waals surface area contributed by atoms with E-state index in [0.29, 0.717) is 18.0 Å². The topological polar surface area (TPSA) is 100 Å². The van der Waals surface area contributed by atoms with Crippen LogP contribution in [0.4, 0.5) is 5.69 Å². The Morgan fingerprint density at radius 2 is 1.86 bits per heavy atom. The van der Waals surface area contributed by atoms with Crippen molar-refractivity contribution in [1.82, 2.24) is 15.5 Å². The highest BCUT2D eigenvalue weighted by molar-refractivity contribution is 6.35. The Kier molecular flexibility index (Phi) is 8.21. The number of likely N-dealkylation sites (N-methyl/N-ethyl adjacent to an activating group) is 1. The van der Waals surface area contributed by atoms with Crippen molar-refractivity contribution in [2.24, 2.45) is 0 Å². The lowest BCUT2D eigenvalue weighted by atomic mass is 10.1. The second-order valence-corrected chi connectivity index (χ2v) is 8.71. The van der Waals surface area contributed by atoms with Crippen LogP contribution < -0.4 is 20.3 Å². The zero-order chi connectivity index (χ0) is 25.5. The maximum absolute atomic E-state index is 13.1. The van der Waals surface area contributed by atoms with Crippen LogP contribution in [-0.4, -0.2) is 75.2 Å². The molecule has 0 unspecified atom stereocenters. The maximum atomic E-state index is 13.1. The monoisotopic (exact) mass is 490 g/mol. The predicted molar refractivity (Wildman–Crippen MR) is 134 cm³/mol. The van der Waals surface area contributed by atoms with Gasteiger partial charge in [-0.1, -0.05) is 42.2 Å². The summed E-state index contributed by atoms with van der Waals surface area (Å²) < 4.78 is 11.2. The molecule has 2 N–H and O–H groups in total. The second kappa shape index (κ2) is 11.7. The van der Waals surface area contributed by atoms with E-state index in [1.165, 1.54) is 4.90 Å². The van der Waals surface area contributed by atoms with Crippen LogP contribution in [0.2, 0.25) is 0 Å². The van der Waals surface area contributed by atoms with Gasteiger partial charge in [0, 0.05) is 25.7 Å². The minimum Gasteiger partial charge on any atom is -0.489 e.